The minimum absolute atomic E-state index is 0.251. The quantitative estimate of drug-likeness (QED) is 0.890. The Morgan fingerprint density at radius 2 is 1.95 bits per heavy atom. The van der Waals surface area contributed by atoms with Crippen molar-refractivity contribution in [1.29, 1.82) is 0 Å². The number of rotatable bonds is 5. The molecule has 5 heteroatoms. The van der Waals surface area contributed by atoms with Gasteiger partial charge in [-0.05, 0) is 30.5 Å². The molecule has 0 radical (unpaired) electrons. The van der Waals surface area contributed by atoms with E-state index < -0.39 is 11.6 Å². The second-order valence-corrected chi connectivity index (χ2v) is 5.15. The second-order valence-electron chi connectivity index (χ2n) is 5.15. The number of ether oxygens (including phenoxy) is 2. The second kappa shape index (κ2) is 5.43. The molecule has 1 aromatic rings. The predicted octanol–water partition coefficient (Wildman–Crippen LogP) is 2.38. The van der Waals surface area contributed by atoms with Gasteiger partial charge in [-0.3, -0.25) is 0 Å². The summed E-state index contributed by atoms with van der Waals surface area (Å²) in [6.45, 7) is 1.46. The smallest absolute Gasteiger partial charge is 0.191 e. The van der Waals surface area contributed by atoms with Crippen LogP contribution in [0, 0.1) is 11.6 Å². The summed E-state index contributed by atoms with van der Waals surface area (Å²) in [4.78, 5) is 0. The van der Waals surface area contributed by atoms with E-state index in [9.17, 15) is 8.78 Å². The average Bonchev–Trinajstić information content (AvgIpc) is 3.07. The van der Waals surface area contributed by atoms with Crippen LogP contribution in [0.25, 0.3) is 0 Å². The van der Waals surface area contributed by atoms with Crippen molar-refractivity contribution in [1.82, 2.24) is 5.32 Å². The van der Waals surface area contributed by atoms with Crippen molar-refractivity contribution in [3.05, 3.63) is 29.3 Å². The van der Waals surface area contributed by atoms with Crippen LogP contribution >= 0.6 is 0 Å². The molecule has 1 saturated heterocycles. The molecule has 19 heavy (non-hydrogen) atoms. The summed E-state index contributed by atoms with van der Waals surface area (Å²) in [5.74, 6) is -1.57. The van der Waals surface area contributed by atoms with Crippen molar-refractivity contribution in [2.24, 2.45) is 0 Å². The highest BCUT2D eigenvalue weighted by atomic mass is 19.1. The minimum atomic E-state index is -0.639. The molecule has 1 N–H and O–H groups in total. The first-order chi connectivity index (χ1) is 9.22. The van der Waals surface area contributed by atoms with Crippen LogP contribution < -0.4 is 10.1 Å². The number of halogens is 2. The standard InChI is InChI=1S/C14H17F2NO2/c15-12-5-9(7-17-10-1-2-10)6-13(16)14(12)19-11-3-4-18-8-11/h5-6,10-11,17H,1-4,7-8H2. The number of benzene rings is 1. The van der Waals surface area contributed by atoms with Gasteiger partial charge in [-0.1, -0.05) is 0 Å². The van der Waals surface area contributed by atoms with E-state index in [1.165, 1.54) is 12.1 Å². The molecular weight excluding hydrogens is 252 g/mol. The number of nitrogens with one attached hydrogen (secondary N) is 1. The van der Waals surface area contributed by atoms with E-state index in [4.69, 9.17) is 9.47 Å². The van der Waals surface area contributed by atoms with E-state index in [-0.39, 0.29) is 11.9 Å². The van der Waals surface area contributed by atoms with Gasteiger partial charge in [-0.2, -0.15) is 0 Å². The molecule has 0 amide bonds. The zero-order chi connectivity index (χ0) is 13.2. The fourth-order valence-corrected chi connectivity index (χ4v) is 2.15. The Morgan fingerprint density at radius 1 is 1.21 bits per heavy atom. The monoisotopic (exact) mass is 269 g/mol. The van der Waals surface area contributed by atoms with Crippen molar-refractivity contribution >= 4 is 0 Å². The van der Waals surface area contributed by atoms with Gasteiger partial charge in [0.05, 0.1) is 13.2 Å². The Bertz CT molecular complexity index is 434. The molecule has 2 fully saturated rings. The molecular formula is C14H17F2NO2. The molecule has 0 spiro atoms. The van der Waals surface area contributed by atoms with Gasteiger partial charge in [0.1, 0.15) is 6.10 Å². The fraction of sp³-hybridized carbons (Fsp3) is 0.571. The SMILES string of the molecule is Fc1cc(CNC2CC2)cc(F)c1OC1CCOC1. The highest BCUT2D eigenvalue weighted by molar-refractivity contribution is 5.31. The minimum Gasteiger partial charge on any atom is -0.482 e. The average molecular weight is 269 g/mol. The molecule has 1 saturated carbocycles. The van der Waals surface area contributed by atoms with Gasteiger partial charge in [-0.25, -0.2) is 8.78 Å². The van der Waals surface area contributed by atoms with Crippen molar-refractivity contribution < 1.29 is 18.3 Å². The molecule has 1 atom stereocenters. The molecule has 1 heterocycles. The van der Waals surface area contributed by atoms with Crippen LogP contribution in [0.15, 0.2) is 12.1 Å². The van der Waals surface area contributed by atoms with Gasteiger partial charge in [0, 0.05) is 19.0 Å². The normalized spacial score (nSPS) is 22.7. The highest BCUT2D eigenvalue weighted by Crippen LogP contribution is 2.27. The summed E-state index contributed by atoms with van der Waals surface area (Å²) in [7, 11) is 0. The van der Waals surface area contributed by atoms with E-state index in [0.29, 0.717) is 37.8 Å². The lowest BCUT2D eigenvalue weighted by molar-refractivity contribution is 0.134. The van der Waals surface area contributed by atoms with Crippen molar-refractivity contribution in [3.8, 4) is 5.75 Å². The maximum absolute atomic E-state index is 13.9. The topological polar surface area (TPSA) is 30.5 Å². The molecule has 2 aliphatic rings. The molecule has 0 aromatic heterocycles. The Morgan fingerprint density at radius 3 is 2.53 bits per heavy atom. The van der Waals surface area contributed by atoms with E-state index in [1.54, 1.807) is 0 Å². The van der Waals surface area contributed by atoms with E-state index in [0.717, 1.165) is 12.8 Å². The third-order valence-electron chi connectivity index (χ3n) is 3.40. The van der Waals surface area contributed by atoms with Crippen LogP contribution in [0.1, 0.15) is 24.8 Å². The summed E-state index contributed by atoms with van der Waals surface area (Å²) >= 11 is 0. The first kappa shape index (κ1) is 12.8. The Kier molecular flexibility index (Phi) is 3.66. The van der Waals surface area contributed by atoms with Gasteiger partial charge in [0.25, 0.3) is 0 Å². The van der Waals surface area contributed by atoms with Gasteiger partial charge in [0.15, 0.2) is 17.4 Å². The Labute approximate surface area is 110 Å². The molecule has 104 valence electrons. The first-order valence-corrected chi connectivity index (χ1v) is 6.68. The third kappa shape index (κ3) is 3.22. The molecule has 0 bridgehead atoms. The third-order valence-corrected chi connectivity index (χ3v) is 3.40. The summed E-state index contributed by atoms with van der Waals surface area (Å²) in [6.07, 6.45) is 2.71. The van der Waals surface area contributed by atoms with Crippen LogP contribution in [0.2, 0.25) is 0 Å². The molecule has 3 rings (SSSR count). The van der Waals surface area contributed by atoms with Gasteiger partial charge < -0.3 is 14.8 Å². The molecule has 1 unspecified atom stereocenters. The van der Waals surface area contributed by atoms with Crippen molar-refractivity contribution in [3.63, 3.8) is 0 Å². The zero-order valence-electron chi connectivity index (χ0n) is 10.6. The maximum Gasteiger partial charge on any atom is 0.191 e. The fourth-order valence-electron chi connectivity index (χ4n) is 2.15. The lowest BCUT2D eigenvalue weighted by Gasteiger charge is -2.14. The zero-order valence-corrected chi connectivity index (χ0v) is 10.6. The number of hydrogen-bond acceptors (Lipinski definition) is 3. The summed E-state index contributed by atoms with van der Waals surface area (Å²) in [5.41, 5.74) is 0.608. The van der Waals surface area contributed by atoms with Crippen LogP contribution in [-0.2, 0) is 11.3 Å². The van der Waals surface area contributed by atoms with Gasteiger partial charge in [0.2, 0.25) is 0 Å². The van der Waals surface area contributed by atoms with Crippen molar-refractivity contribution in [2.75, 3.05) is 13.2 Å². The summed E-state index contributed by atoms with van der Waals surface area (Å²) in [6, 6.07) is 3.19. The summed E-state index contributed by atoms with van der Waals surface area (Å²) in [5, 5.41) is 3.23. The van der Waals surface area contributed by atoms with Crippen LogP contribution in [-0.4, -0.2) is 25.4 Å². The van der Waals surface area contributed by atoms with Crippen LogP contribution in [0.3, 0.4) is 0 Å². The molecule has 1 aromatic carbocycles. The number of hydrogen-bond donors (Lipinski definition) is 1. The first-order valence-electron chi connectivity index (χ1n) is 6.68. The Balaban J connectivity index is 1.68. The molecule has 1 aliphatic carbocycles. The summed E-state index contributed by atoms with van der Waals surface area (Å²) < 4.78 is 38.2. The van der Waals surface area contributed by atoms with Crippen LogP contribution in [0.5, 0.6) is 5.75 Å². The maximum atomic E-state index is 13.9. The van der Waals surface area contributed by atoms with E-state index in [1.807, 2.05) is 0 Å². The van der Waals surface area contributed by atoms with E-state index >= 15 is 0 Å². The predicted molar refractivity (Wildman–Crippen MR) is 66.1 cm³/mol. The molecule has 1 aliphatic heterocycles. The van der Waals surface area contributed by atoms with E-state index in [2.05, 4.69) is 5.32 Å². The Hall–Kier alpha value is -1.20. The largest absolute Gasteiger partial charge is 0.482 e. The van der Waals surface area contributed by atoms with Crippen molar-refractivity contribution in [2.45, 2.75) is 38.0 Å². The van der Waals surface area contributed by atoms with Crippen LogP contribution in [0.4, 0.5) is 8.78 Å². The highest BCUT2D eigenvalue weighted by Gasteiger charge is 2.23. The lowest BCUT2D eigenvalue weighted by Crippen LogP contribution is -2.18. The lowest BCUT2D eigenvalue weighted by atomic mass is 10.2. The van der Waals surface area contributed by atoms with Gasteiger partial charge >= 0.3 is 0 Å². The van der Waals surface area contributed by atoms with Gasteiger partial charge in [-0.15, -0.1) is 0 Å². The molecule has 3 nitrogen and oxygen atoms in total.